The molecule has 2 saturated heterocycles. The Balaban J connectivity index is 1.71. The van der Waals surface area contributed by atoms with Gasteiger partial charge in [-0.15, -0.1) is 11.8 Å². The quantitative estimate of drug-likeness (QED) is 0.661. The van der Waals surface area contributed by atoms with Crippen LogP contribution in [-0.2, 0) is 0 Å². The van der Waals surface area contributed by atoms with Crippen LogP contribution < -0.4 is 5.32 Å². The van der Waals surface area contributed by atoms with E-state index in [1.165, 1.54) is 44.1 Å². The second-order valence-corrected chi connectivity index (χ2v) is 4.48. The van der Waals surface area contributed by atoms with Crippen LogP contribution in [0.1, 0.15) is 12.8 Å². The molecular formula is C8H16N2S. The first-order valence-corrected chi connectivity index (χ1v) is 5.64. The molecule has 2 rings (SSSR count). The molecule has 2 aliphatic rings. The van der Waals surface area contributed by atoms with Gasteiger partial charge in [-0.2, -0.15) is 0 Å². The van der Waals surface area contributed by atoms with E-state index in [1.807, 2.05) is 0 Å². The second-order valence-electron chi connectivity index (χ2n) is 3.41. The smallest absolute Gasteiger partial charge is 0.0445 e. The predicted octanol–water partition coefficient (Wildman–Crippen LogP) is 0.745. The summed E-state index contributed by atoms with van der Waals surface area (Å²) in [6, 6.07) is 0.800. The van der Waals surface area contributed by atoms with Crippen molar-refractivity contribution in [3.63, 3.8) is 0 Å². The summed E-state index contributed by atoms with van der Waals surface area (Å²) in [6.45, 7) is 3.83. The van der Waals surface area contributed by atoms with E-state index in [1.54, 1.807) is 0 Å². The highest BCUT2D eigenvalue weighted by Crippen LogP contribution is 2.15. The first kappa shape index (κ1) is 7.90. The Kier molecular flexibility index (Phi) is 2.72. The minimum Gasteiger partial charge on any atom is -0.313 e. The Labute approximate surface area is 72.7 Å². The number of thioether (sulfide) groups is 1. The summed E-state index contributed by atoms with van der Waals surface area (Å²) in [6.07, 6.45) is 2.77. The molecule has 0 aromatic rings. The van der Waals surface area contributed by atoms with Gasteiger partial charge in [0, 0.05) is 30.8 Å². The summed E-state index contributed by atoms with van der Waals surface area (Å²) >= 11 is 2.06. The normalized spacial score (nSPS) is 33.3. The van der Waals surface area contributed by atoms with Crippen molar-refractivity contribution in [2.75, 3.05) is 31.3 Å². The largest absolute Gasteiger partial charge is 0.313 e. The van der Waals surface area contributed by atoms with Gasteiger partial charge in [-0.25, -0.2) is 0 Å². The van der Waals surface area contributed by atoms with Gasteiger partial charge in [0.2, 0.25) is 0 Å². The third-order valence-corrected chi connectivity index (χ3v) is 3.49. The highest BCUT2D eigenvalue weighted by molar-refractivity contribution is 7.99. The molecule has 0 saturated carbocycles. The Bertz CT molecular complexity index is 103. The Morgan fingerprint density at radius 3 is 3.18 bits per heavy atom. The monoisotopic (exact) mass is 172 g/mol. The van der Waals surface area contributed by atoms with Gasteiger partial charge in [-0.1, -0.05) is 0 Å². The van der Waals surface area contributed by atoms with Crippen LogP contribution in [0.5, 0.6) is 0 Å². The first-order valence-electron chi connectivity index (χ1n) is 4.48. The molecule has 0 radical (unpaired) electrons. The summed E-state index contributed by atoms with van der Waals surface area (Å²) < 4.78 is 0. The van der Waals surface area contributed by atoms with Gasteiger partial charge in [0.25, 0.3) is 0 Å². The van der Waals surface area contributed by atoms with Crippen LogP contribution in [-0.4, -0.2) is 42.2 Å². The lowest BCUT2D eigenvalue weighted by molar-refractivity contribution is 0.317. The highest BCUT2D eigenvalue weighted by Gasteiger charge is 2.19. The summed E-state index contributed by atoms with van der Waals surface area (Å²) in [5.41, 5.74) is 0. The predicted molar refractivity (Wildman–Crippen MR) is 49.9 cm³/mol. The molecule has 0 unspecified atom stereocenters. The van der Waals surface area contributed by atoms with Crippen LogP contribution >= 0.6 is 11.8 Å². The maximum Gasteiger partial charge on any atom is 0.0445 e. The second kappa shape index (κ2) is 3.78. The van der Waals surface area contributed by atoms with Gasteiger partial charge in [-0.3, -0.25) is 4.90 Å². The van der Waals surface area contributed by atoms with E-state index in [4.69, 9.17) is 0 Å². The lowest BCUT2D eigenvalue weighted by Crippen LogP contribution is -2.35. The van der Waals surface area contributed by atoms with Crippen molar-refractivity contribution in [1.29, 1.82) is 0 Å². The average molecular weight is 172 g/mol. The van der Waals surface area contributed by atoms with Crippen LogP contribution in [0, 0.1) is 0 Å². The minimum absolute atomic E-state index is 0.800. The van der Waals surface area contributed by atoms with Gasteiger partial charge in [0.1, 0.15) is 0 Å². The van der Waals surface area contributed by atoms with Gasteiger partial charge < -0.3 is 5.32 Å². The molecule has 2 nitrogen and oxygen atoms in total. The highest BCUT2D eigenvalue weighted by atomic mass is 32.2. The lowest BCUT2D eigenvalue weighted by Gasteiger charge is -2.18. The molecule has 0 aromatic heterocycles. The molecule has 2 aliphatic heterocycles. The summed E-state index contributed by atoms with van der Waals surface area (Å²) in [4.78, 5) is 2.56. The van der Waals surface area contributed by atoms with Crippen LogP contribution in [0.15, 0.2) is 0 Å². The van der Waals surface area contributed by atoms with Gasteiger partial charge in [0.05, 0.1) is 0 Å². The maximum absolute atomic E-state index is 3.53. The molecule has 64 valence electrons. The van der Waals surface area contributed by atoms with Crippen molar-refractivity contribution in [1.82, 2.24) is 10.2 Å². The van der Waals surface area contributed by atoms with E-state index in [0.717, 1.165) is 6.04 Å². The van der Waals surface area contributed by atoms with Crippen molar-refractivity contribution in [3.8, 4) is 0 Å². The zero-order chi connectivity index (χ0) is 7.52. The van der Waals surface area contributed by atoms with Crippen molar-refractivity contribution in [3.05, 3.63) is 0 Å². The van der Waals surface area contributed by atoms with E-state index in [-0.39, 0.29) is 0 Å². The van der Waals surface area contributed by atoms with Crippen LogP contribution in [0.25, 0.3) is 0 Å². The van der Waals surface area contributed by atoms with Gasteiger partial charge in [0.15, 0.2) is 0 Å². The van der Waals surface area contributed by atoms with Crippen molar-refractivity contribution in [2.24, 2.45) is 0 Å². The zero-order valence-electron chi connectivity index (χ0n) is 6.88. The minimum atomic E-state index is 0.800. The Morgan fingerprint density at radius 2 is 2.55 bits per heavy atom. The van der Waals surface area contributed by atoms with Crippen molar-refractivity contribution in [2.45, 2.75) is 18.9 Å². The fourth-order valence-electron chi connectivity index (χ4n) is 1.82. The Hall–Kier alpha value is 0.270. The molecule has 1 atom stereocenters. The number of rotatable bonds is 2. The molecule has 0 bridgehead atoms. The molecule has 0 amide bonds. The molecule has 1 N–H and O–H groups in total. The topological polar surface area (TPSA) is 15.3 Å². The van der Waals surface area contributed by atoms with Crippen LogP contribution in [0.3, 0.4) is 0 Å². The molecule has 0 aromatic carbocycles. The van der Waals surface area contributed by atoms with Crippen molar-refractivity contribution < 1.29 is 0 Å². The first-order chi connectivity index (χ1) is 5.45. The molecule has 11 heavy (non-hydrogen) atoms. The number of nitrogens with zero attached hydrogens (tertiary/aromatic N) is 1. The van der Waals surface area contributed by atoms with E-state index in [2.05, 4.69) is 22.0 Å². The standard InChI is InChI=1S/C8H16N2S/c1-2-8(9-3-1)6-10-4-5-11-7-10/h8-9H,1-7H2/t8-/m0/s1. The molecular weight excluding hydrogens is 156 g/mol. The third kappa shape index (κ3) is 2.10. The lowest BCUT2D eigenvalue weighted by atomic mass is 10.2. The number of hydrogen-bond acceptors (Lipinski definition) is 3. The van der Waals surface area contributed by atoms with E-state index >= 15 is 0 Å². The maximum atomic E-state index is 3.53. The SMILES string of the molecule is C1CN[C@H](CN2CCSC2)C1. The number of nitrogens with one attached hydrogen (secondary N) is 1. The Morgan fingerprint density at radius 1 is 1.55 bits per heavy atom. The molecule has 0 spiro atoms. The third-order valence-electron chi connectivity index (χ3n) is 2.47. The van der Waals surface area contributed by atoms with Crippen molar-refractivity contribution >= 4 is 11.8 Å². The summed E-state index contributed by atoms with van der Waals surface area (Å²) in [5.74, 6) is 2.60. The van der Waals surface area contributed by atoms with E-state index in [9.17, 15) is 0 Å². The molecule has 3 heteroatoms. The van der Waals surface area contributed by atoms with Crippen LogP contribution in [0.4, 0.5) is 0 Å². The molecule has 2 heterocycles. The summed E-state index contributed by atoms with van der Waals surface area (Å²) in [7, 11) is 0. The van der Waals surface area contributed by atoms with E-state index in [0.29, 0.717) is 0 Å². The summed E-state index contributed by atoms with van der Waals surface area (Å²) in [5, 5.41) is 3.53. The molecule has 2 fully saturated rings. The van der Waals surface area contributed by atoms with Crippen LogP contribution in [0.2, 0.25) is 0 Å². The average Bonchev–Trinajstić information content (AvgIpc) is 2.60. The molecule has 0 aliphatic carbocycles. The van der Waals surface area contributed by atoms with Gasteiger partial charge >= 0.3 is 0 Å². The van der Waals surface area contributed by atoms with Gasteiger partial charge in [-0.05, 0) is 19.4 Å². The number of hydrogen-bond donors (Lipinski definition) is 1. The fraction of sp³-hybridized carbons (Fsp3) is 1.00. The van der Waals surface area contributed by atoms with E-state index < -0.39 is 0 Å². The fourth-order valence-corrected chi connectivity index (χ4v) is 2.83. The zero-order valence-corrected chi connectivity index (χ0v) is 7.70.